The van der Waals surface area contributed by atoms with Crippen molar-refractivity contribution in [2.45, 2.75) is 20.5 Å². The topological polar surface area (TPSA) is 64.2 Å². The lowest BCUT2D eigenvalue weighted by atomic mass is 10.2. The fourth-order valence-corrected chi connectivity index (χ4v) is 2.87. The number of non-ortho nitro benzene ring substituents is 1. The minimum absolute atomic E-state index is 0.0934. The minimum Gasteiger partial charge on any atom is -0.311 e. The number of rotatable bonds is 7. The van der Waals surface area contributed by atoms with Crippen molar-refractivity contribution in [3.05, 3.63) is 70.0 Å². The second kappa shape index (κ2) is 7.93. The Morgan fingerprint density at radius 2 is 1.77 bits per heavy atom. The molecule has 0 amide bonds. The van der Waals surface area contributed by atoms with E-state index in [4.69, 9.17) is 4.98 Å². The van der Waals surface area contributed by atoms with Gasteiger partial charge in [-0.25, -0.2) is 4.98 Å². The quantitative estimate of drug-likeness (QED) is 0.467. The number of para-hydroxylation sites is 2. The van der Waals surface area contributed by atoms with Crippen LogP contribution in [0.4, 0.5) is 5.69 Å². The van der Waals surface area contributed by atoms with E-state index in [1.807, 2.05) is 30.4 Å². The van der Waals surface area contributed by atoms with Crippen LogP contribution in [0.3, 0.4) is 0 Å². The van der Waals surface area contributed by atoms with E-state index in [1.165, 1.54) is 12.1 Å². The molecule has 0 aliphatic rings. The van der Waals surface area contributed by atoms with Crippen molar-refractivity contribution >= 4 is 28.9 Å². The highest BCUT2D eigenvalue weighted by molar-refractivity contribution is 5.79. The normalized spacial score (nSPS) is 11.7. The second-order valence-electron chi connectivity index (χ2n) is 6.01. The molecule has 1 heterocycles. The van der Waals surface area contributed by atoms with E-state index in [2.05, 4.69) is 29.4 Å². The van der Waals surface area contributed by atoms with Crippen LogP contribution < -0.4 is 0 Å². The summed E-state index contributed by atoms with van der Waals surface area (Å²) < 4.78 is 2.20. The molecule has 0 bridgehead atoms. The largest absolute Gasteiger partial charge is 0.311 e. The first-order valence-electron chi connectivity index (χ1n) is 8.72. The predicted octanol–water partition coefficient (Wildman–Crippen LogP) is 4.41. The predicted molar refractivity (Wildman–Crippen MR) is 105 cm³/mol. The summed E-state index contributed by atoms with van der Waals surface area (Å²) in [4.78, 5) is 17.4. The maximum Gasteiger partial charge on any atom is 0.269 e. The molecule has 134 valence electrons. The number of aromatic nitrogens is 2. The molecule has 2 aromatic carbocycles. The Balaban J connectivity index is 1.94. The number of fused-ring (bicyclic) bond motifs is 1. The Labute approximate surface area is 152 Å². The number of imidazole rings is 1. The molecule has 6 heteroatoms. The highest BCUT2D eigenvalue weighted by Crippen LogP contribution is 2.19. The lowest BCUT2D eigenvalue weighted by molar-refractivity contribution is -0.384. The van der Waals surface area contributed by atoms with Gasteiger partial charge in [-0.3, -0.25) is 15.0 Å². The molecule has 0 spiro atoms. The van der Waals surface area contributed by atoms with E-state index in [1.54, 1.807) is 12.1 Å². The third-order valence-corrected chi connectivity index (χ3v) is 4.45. The van der Waals surface area contributed by atoms with Gasteiger partial charge in [-0.1, -0.05) is 32.1 Å². The molecule has 0 aliphatic carbocycles. The lowest BCUT2D eigenvalue weighted by Gasteiger charge is -2.20. The van der Waals surface area contributed by atoms with Gasteiger partial charge in [-0.2, -0.15) is 0 Å². The zero-order valence-electron chi connectivity index (χ0n) is 15.0. The Morgan fingerprint density at radius 3 is 2.42 bits per heavy atom. The fourth-order valence-electron chi connectivity index (χ4n) is 2.87. The summed E-state index contributed by atoms with van der Waals surface area (Å²) in [5.41, 5.74) is 3.05. The van der Waals surface area contributed by atoms with E-state index >= 15 is 0 Å². The first-order chi connectivity index (χ1) is 12.6. The van der Waals surface area contributed by atoms with Crippen LogP contribution in [0.5, 0.6) is 0 Å². The van der Waals surface area contributed by atoms with Gasteiger partial charge >= 0.3 is 0 Å². The Bertz CT molecular complexity index is 925. The number of nitrogens with zero attached hydrogens (tertiary/aromatic N) is 4. The standard InChI is InChI=1S/C20H22N4O2/c1-3-22(4-2)15-23-19-8-6-5-7-18(19)21-20(23)14-11-16-9-12-17(13-10-16)24(25)26/h5-14H,3-4,15H2,1-2H3. The van der Waals surface area contributed by atoms with Crippen LogP contribution >= 0.6 is 0 Å². The third kappa shape index (κ3) is 3.81. The van der Waals surface area contributed by atoms with Crippen molar-refractivity contribution in [3.63, 3.8) is 0 Å². The highest BCUT2D eigenvalue weighted by atomic mass is 16.6. The molecule has 3 rings (SSSR count). The number of nitro groups is 1. The molecule has 0 fully saturated rings. The van der Waals surface area contributed by atoms with Crippen LogP contribution in [0.2, 0.25) is 0 Å². The van der Waals surface area contributed by atoms with Gasteiger partial charge in [0.15, 0.2) is 0 Å². The zero-order valence-corrected chi connectivity index (χ0v) is 15.0. The number of hydrogen-bond donors (Lipinski definition) is 0. The van der Waals surface area contributed by atoms with E-state index in [-0.39, 0.29) is 5.69 Å². The van der Waals surface area contributed by atoms with E-state index in [0.29, 0.717) is 0 Å². The summed E-state index contributed by atoms with van der Waals surface area (Å²) in [7, 11) is 0. The van der Waals surface area contributed by atoms with Crippen LogP contribution in [-0.2, 0) is 6.67 Å². The molecule has 0 radical (unpaired) electrons. The molecule has 0 aliphatic heterocycles. The second-order valence-corrected chi connectivity index (χ2v) is 6.01. The summed E-state index contributed by atoms with van der Waals surface area (Å²) in [5.74, 6) is 0.872. The summed E-state index contributed by atoms with van der Waals surface area (Å²) in [5, 5.41) is 10.8. The van der Waals surface area contributed by atoms with Gasteiger partial charge in [0.2, 0.25) is 0 Å². The summed E-state index contributed by atoms with van der Waals surface area (Å²) in [6.07, 6.45) is 3.90. The maximum absolute atomic E-state index is 10.8. The molecule has 0 atom stereocenters. The molecule has 1 aromatic heterocycles. The molecule has 6 nitrogen and oxygen atoms in total. The van der Waals surface area contributed by atoms with Crippen LogP contribution in [-0.4, -0.2) is 32.5 Å². The first kappa shape index (κ1) is 17.8. The van der Waals surface area contributed by atoms with Gasteiger partial charge < -0.3 is 4.57 Å². The fraction of sp³-hybridized carbons (Fsp3) is 0.250. The van der Waals surface area contributed by atoms with Crippen LogP contribution in [0, 0.1) is 10.1 Å². The molecule has 0 unspecified atom stereocenters. The summed E-state index contributed by atoms with van der Waals surface area (Å²) in [6.45, 7) is 7.00. The summed E-state index contributed by atoms with van der Waals surface area (Å²) >= 11 is 0. The van der Waals surface area contributed by atoms with Gasteiger partial charge in [-0.05, 0) is 49.0 Å². The molecule has 3 aromatic rings. The van der Waals surface area contributed by atoms with Crippen molar-refractivity contribution < 1.29 is 4.92 Å². The Hall–Kier alpha value is -2.99. The minimum atomic E-state index is -0.392. The van der Waals surface area contributed by atoms with Crippen LogP contribution in [0.15, 0.2) is 48.5 Å². The van der Waals surface area contributed by atoms with Gasteiger partial charge in [-0.15, -0.1) is 0 Å². The van der Waals surface area contributed by atoms with E-state index in [0.717, 1.165) is 42.2 Å². The van der Waals surface area contributed by atoms with Crippen LogP contribution in [0.1, 0.15) is 25.2 Å². The summed E-state index contributed by atoms with van der Waals surface area (Å²) in [6, 6.07) is 14.6. The maximum atomic E-state index is 10.8. The Kier molecular flexibility index (Phi) is 5.43. The van der Waals surface area contributed by atoms with Gasteiger partial charge in [0.25, 0.3) is 5.69 Å². The van der Waals surface area contributed by atoms with Crippen molar-refractivity contribution in [3.8, 4) is 0 Å². The average molecular weight is 350 g/mol. The van der Waals surface area contributed by atoms with E-state index < -0.39 is 4.92 Å². The molecular weight excluding hydrogens is 328 g/mol. The van der Waals surface area contributed by atoms with Gasteiger partial charge in [0, 0.05) is 12.1 Å². The highest BCUT2D eigenvalue weighted by Gasteiger charge is 2.10. The molecular formula is C20H22N4O2. The van der Waals surface area contributed by atoms with E-state index in [9.17, 15) is 10.1 Å². The molecule has 26 heavy (non-hydrogen) atoms. The Morgan fingerprint density at radius 1 is 1.08 bits per heavy atom. The average Bonchev–Trinajstić information content (AvgIpc) is 3.02. The van der Waals surface area contributed by atoms with Gasteiger partial charge in [0.05, 0.1) is 22.6 Å². The number of benzene rings is 2. The van der Waals surface area contributed by atoms with Crippen molar-refractivity contribution in [2.24, 2.45) is 0 Å². The third-order valence-electron chi connectivity index (χ3n) is 4.45. The zero-order chi connectivity index (χ0) is 18.5. The van der Waals surface area contributed by atoms with Crippen molar-refractivity contribution in [2.75, 3.05) is 13.1 Å². The number of nitro benzene ring substituents is 1. The molecule has 0 N–H and O–H groups in total. The van der Waals surface area contributed by atoms with Crippen molar-refractivity contribution in [1.29, 1.82) is 0 Å². The SMILES string of the molecule is CCN(CC)Cn1c(C=Cc2ccc([N+](=O)[O-])cc2)nc2ccccc21. The first-order valence-corrected chi connectivity index (χ1v) is 8.72. The lowest BCUT2D eigenvalue weighted by Crippen LogP contribution is -2.26. The monoisotopic (exact) mass is 350 g/mol. The smallest absolute Gasteiger partial charge is 0.269 e. The molecule has 0 saturated heterocycles. The van der Waals surface area contributed by atoms with Gasteiger partial charge in [0.1, 0.15) is 5.82 Å². The van der Waals surface area contributed by atoms with Crippen LogP contribution in [0.25, 0.3) is 23.2 Å². The van der Waals surface area contributed by atoms with Crippen molar-refractivity contribution in [1.82, 2.24) is 14.5 Å². The number of hydrogen-bond acceptors (Lipinski definition) is 4. The molecule has 0 saturated carbocycles.